The van der Waals surface area contributed by atoms with E-state index in [9.17, 15) is 9.59 Å². The van der Waals surface area contributed by atoms with Gasteiger partial charge >= 0.3 is 0 Å². The van der Waals surface area contributed by atoms with Crippen molar-refractivity contribution in [2.75, 3.05) is 13.1 Å². The number of aromatic nitrogens is 2. The molecule has 1 fully saturated rings. The van der Waals surface area contributed by atoms with Gasteiger partial charge in [-0.2, -0.15) is 4.98 Å². The van der Waals surface area contributed by atoms with E-state index >= 15 is 0 Å². The van der Waals surface area contributed by atoms with Crippen molar-refractivity contribution in [3.05, 3.63) is 35.2 Å². The number of carbonyl (C=O) groups is 2. The average molecular weight is 489 g/mol. The number of likely N-dealkylation sites (tertiary alicyclic amines) is 1. The van der Waals surface area contributed by atoms with E-state index in [4.69, 9.17) is 16.1 Å². The Morgan fingerprint density at radius 2 is 2.06 bits per heavy atom. The lowest BCUT2D eigenvalue weighted by Gasteiger charge is -2.36. The standard InChI is InChI=1S/C26H37ClN4O3/c1-5-7-11-19(6-2)26(33)31(18(3)4)17-23(32)30-15-9-8-14-22(30)25-28-24(29-34-25)20-12-10-13-21(27)16-20/h10,12-13,16,18-19,22H,5-9,11,14-15,17H2,1-4H3. The van der Waals surface area contributed by atoms with Crippen LogP contribution < -0.4 is 0 Å². The highest BCUT2D eigenvalue weighted by molar-refractivity contribution is 6.30. The molecule has 0 bridgehead atoms. The van der Waals surface area contributed by atoms with Gasteiger partial charge in [0.05, 0.1) is 0 Å². The summed E-state index contributed by atoms with van der Waals surface area (Å²) < 4.78 is 5.60. The van der Waals surface area contributed by atoms with Crippen molar-refractivity contribution in [2.24, 2.45) is 5.92 Å². The van der Waals surface area contributed by atoms with Gasteiger partial charge in [-0.1, -0.05) is 55.6 Å². The van der Waals surface area contributed by atoms with Crippen LogP contribution in [0.1, 0.15) is 84.6 Å². The van der Waals surface area contributed by atoms with Crippen LogP contribution in [0, 0.1) is 5.92 Å². The summed E-state index contributed by atoms with van der Waals surface area (Å²) in [4.78, 5) is 34.9. The van der Waals surface area contributed by atoms with Crippen LogP contribution in [-0.4, -0.2) is 50.9 Å². The summed E-state index contributed by atoms with van der Waals surface area (Å²) in [5, 5.41) is 4.73. The lowest BCUT2D eigenvalue weighted by molar-refractivity contribution is -0.147. The molecule has 0 spiro atoms. The van der Waals surface area contributed by atoms with E-state index in [2.05, 4.69) is 17.1 Å². The molecule has 7 nitrogen and oxygen atoms in total. The van der Waals surface area contributed by atoms with E-state index in [1.807, 2.05) is 37.8 Å². The maximum atomic E-state index is 13.5. The van der Waals surface area contributed by atoms with Crippen molar-refractivity contribution in [3.63, 3.8) is 0 Å². The van der Waals surface area contributed by atoms with E-state index in [1.54, 1.807) is 17.0 Å². The number of benzene rings is 1. The lowest BCUT2D eigenvalue weighted by Crippen LogP contribution is -2.49. The normalized spacial score (nSPS) is 17.1. The van der Waals surface area contributed by atoms with Crippen molar-refractivity contribution in [1.82, 2.24) is 19.9 Å². The number of hydrogen-bond donors (Lipinski definition) is 0. The number of amides is 2. The molecular weight excluding hydrogens is 452 g/mol. The van der Waals surface area contributed by atoms with Crippen molar-refractivity contribution in [2.45, 2.75) is 84.7 Å². The maximum absolute atomic E-state index is 13.5. The summed E-state index contributed by atoms with van der Waals surface area (Å²) in [5.41, 5.74) is 0.769. The second-order valence-electron chi connectivity index (χ2n) is 9.37. The Labute approximate surface area is 207 Å². The van der Waals surface area contributed by atoms with Gasteiger partial charge in [0, 0.05) is 29.1 Å². The third-order valence-corrected chi connectivity index (χ3v) is 6.83. The molecule has 0 radical (unpaired) electrons. The van der Waals surface area contributed by atoms with E-state index in [1.165, 1.54) is 0 Å². The number of carbonyl (C=O) groups excluding carboxylic acids is 2. The zero-order chi connectivity index (χ0) is 24.7. The van der Waals surface area contributed by atoms with Crippen LogP contribution in [0.25, 0.3) is 11.4 Å². The number of piperidine rings is 1. The molecule has 2 amide bonds. The Hall–Kier alpha value is -2.41. The zero-order valence-corrected chi connectivity index (χ0v) is 21.6. The first kappa shape index (κ1) is 26.2. The second kappa shape index (κ2) is 12.3. The number of nitrogens with zero attached hydrogens (tertiary/aromatic N) is 4. The molecule has 0 saturated carbocycles. The molecule has 2 aromatic rings. The first-order chi connectivity index (χ1) is 16.3. The van der Waals surface area contributed by atoms with Crippen LogP contribution in [0.4, 0.5) is 0 Å². The van der Waals surface area contributed by atoms with E-state index in [-0.39, 0.29) is 36.4 Å². The summed E-state index contributed by atoms with van der Waals surface area (Å²) in [6.07, 6.45) is 6.38. The average Bonchev–Trinajstić information content (AvgIpc) is 3.33. The van der Waals surface area contributed by atoms with Gasteiger partial charge in [-0.05, 0) is 58.1 Å². The molecule has 1 aliphatic heterocycles. The van der Waals surface area contributed by atoms with Gasteiger partial charge in [0.2, 0.25) is 23.5 Å². The number of rotatable bonds is 10. The molecule has 34 heavy (non-hydrogen) atoms. The molecule has 1 aliphatic rings. The van der Waals surface area contributed by atoms with Gasteiger partial charge in [0.25, 0.3) is 0 Å². The quantitative estimate of drug-likeness (QED) is 0.416. The maximum Gasteiger partial charge on any atom is 0.249 e. The monoisotopic (exact) mass is 488 g/mol. The summed E-state index contributed by atoms with van der Waals surface area (Å²) in [5.74, 6) is 0.855. The van der Waals surface area contributed by atoms with Gasteiger partial charge in [0.1, 0.15) is 12.6 Å². The summed E-state index contributed by atoms with van der Waals surface area (Å²) in [6, 6.07) is 6.96. The Kier molecular flexibility index (Phi) is 9.51. The molecule has 2 heterocycles. The number of halogens is 1. The van der Waals surface area contributed by atoms with Crippen LogP contribution in [0.5, 0.6) is 0 Å². The first-order valence-corrected chi connectivity index (χ1v) is 12.9. The molecule has 8 heteroatoms. The first-order valence-electron chi connectivity index (χ1n) is 12.5. The fraction of sp³-hybridized carbons (Fsp3) is 0.615. The van der Waals surface area contributed by atoms with E-state index < -0.39 is 0 Å². The summed E-state index contributed by atoms with van der Waals surface area (Å²) in [7, 11) is 0. The molecule has 186 valence electrons. The minimum absolute atomic E-state index is 0.0384. The van der Waals surface area contributed by atoms with Crippen molar-refractivity contribution in [3.8, 4) is 11.4 Å². The number of unbranched alkanes of at least 4 members (excludes halogenated alkanes) is 1. The lowest BCUT2D eigenvalue weighted by atomic mass is 9.97. The van der Waals surface area contributed by atoms with E-state index in [0.29, 0.717) is 23.3 Å². The van der Waals surface area contributed by atoms with Crippen molar-refractivity contribution in [1.29, 1.82) is 0 Å². The zero-order valence-electron chi connectivity index (χ0n) is 20.8. The fourth-order valence-corrected chi connectivity index (χ4v) is 4.73. The molecule has 1 aromatic carbocycles. The van der Waals surface area contributed by atoms with Gasteiger partial charge < -0.3 is 14.3 Å². The highest BCUT2D eigenvalue weighted by Gasteiger charge is 2.35. The van der Waals surface area contributed by atoms with Crippen LogP contribution in [0.15, 0.2) is 28.8 Å². The second-order valence-corrected chi connectivity index (χ2v) is 9.81. The molecule has 0 N–H and O–H groups in total. The molecule has 2 atom stereocenters. The molecule has 1 aromatic heterocycles. The van der Waals surface area contributed by atoms with Gasteiger partial charge in [-0.25, -0.2) is 0 Å². The number of hydrogen-bond acceptors (Lipinski definition) is 5. The molecule has 0 aliphatic carbocycles. The Morgan fingerprint density at radius 3 is 2.74 bits per heavy atom. The Morgan fingerprint density at radius 1 is 1.26 bits per heavy atom. The molecule has 2 unspecified atom stereocenters. The van der Waals surface area contributed by atoms with Crippen molar-refractivity contribution < 1.29 is 14.1 Å². The summed E-state index contributed by atoms with van der Waals surface area (Å²) >= 11 is 6.10. The predicted molar refractivity (Wildman–Crippen MR) is 133 cm³/mol. The highest BCUT2D eigenvalue weighted by Crippen LogP contribution is 2.32. The minimum Gasteiger partial charge on any atom is -0.337 e. The van der Waals surface area contributed by atoms with Gasteiger partial charge in [0.15, 0.2) is 0 Å². The van der Waals surface area contributed by atoms with Crippen LogP contribution >= 0.6 is 11.6 Å². The van der Waals surface area contributed by atoms with Crippen LogP contribution in [-0.2, 0) is 9.59 Å². The minimum atomic E-state index is -0.284. The van der Waals surface area contributed by atoms with E-state index in [0.717, 1.165) is 50.5 Å². The molecule has 1 saturated heterocycles. The third kappa shape index (κ3) is 6.38. The smallest absolute Gasteiger partial charge is 0.249 e. The van der Waals surface area contributed by atoms with Crippen LogP contribution in [0.2, 0.25) is 5.02 Å². The largest absolute Gasteiger partial charge is 0.337 e. The fourth-order valence-electron chi connectivity index (χ4n) is 4.54. The highest BCUT2D eigenvalue weighted by atomic mass is 35.5. The Bertz CT molecular complexity index is 961. The molecular formula is C26H37ClN4O3. The van der Waals surface area contributed by atoms with Gasteiger partial charge in [-0.15, -0.1) is 0 Å². The SMILES string of the molecule is CCCCC(CC)C(=O)N(CC(=O)N1CCCCC1c1nc(-c2cccc(Cl)c2)no1)C(C)C. The summed E-state index contributed by atoms with van der Waals surface area (Å²) in [6.45, 7) is 8.82. The van der Waals surface area contributed by atoms with Crippen LogP contribution in [0.3, 0.4) is 0 Å². The Balaban J connectivity index is 1.76. The van der Waals surface area contributed by atoms with Crippen molar-refractivity contribution >= 4 is 23.4 Å². The third-order valence-electron chi connectivity index (χ3n) is 6.59. The van der Waals surface area contributed by atoms with Gasteiger partial charge in [-0.3, -0.25) is 9.59 Å². The predicted octanol–water partition coefficient (Wildman–Crippen LogP) is 5.90. The molecule has 3 rings (SSSR count). The topological polar surface area (TPSA) is 79.5 Å².